The summed E-state index contributed by atoms with van der Waals surface area (Å²) in [6.45, 7) is 9.49. The summed E-state index contributed by atoms with van der Waals surface area (Å²) in [6.07, 6.45) is 3.90. The Morgan fingerprint density at radius 3 is 2.61 bits per heavy atom. The maximum atomic E-state index is 14.1. The summed E-state index contributed by atoms with van der Waals surface area (Å²) in [6, 6.07) is 9.98. The molecule has 3 fully saturated rings. The lowest BCUT2D eigenvalue weighted by molar-refractivity contribution is -0.137. The minimum absolute atomic E-state index is 0.0762. The van der Waals surface area contributed by atoms with Crippen LogP contribution >= 0.6 is 11.6 Å². The fourth-order valence-electron chi connectivity index (χ4n) is 7.30. The van der Waals surface area contributed by atoms with Crippen molar-refractivity contribution >= 4 is 34.1 Å². The molecule has 5 heterocycles. The van der Waals surface area contributed by atoms with Gasteiger partial charge >= 0.3 is 0 Å². The van der Waals surface area contributed by atoms with Gasteiger partial charge in [-0.2, -0.15) is 0 Å². The number of alkyl halides is 2. The number of aryl methyl sites for hydroxylation is 1. The van der Waals surface area contributed by atoms with Crippen molar-refractivity contribution in [1.29, 1.82) is 0 Å². The first-order chi connectivity index (χ1) is 19.7. The molecule has 1 aromatic carbocycles. The highest BCUT2D eigenvalue weighted by molar-refractivity contribution is 6.30. The third-order valence-electron chi connectivity index (χ3n) is 9.33. The number of anilines is 1. The Hall–Kier alpha value is -2.82. The molecule has 3 aromatic heterocycles. The van der Waals surface area contributed by atoms with Crippen molar-refractivity contribution < 1.29 is 13.5 Å². The Labute approximate surface area is 243 Å². The summed E-state index contributed by atoms with van der Waals surface area (Å²) in [4.78, 5) is 9.92. The van der Waals surface area contributed by atoms with Gasteiger partial charge in [0.05, 0.1) is 18.3 Å². The van der Waals surface area contributed by atoms with Crippen LogP contribution in [0.4, 0.5) is 14.5 Å². The average Bonchev–Trinajstić information content (AvgIpc) is 3.67. The molecule has 0 spiro atoms. The number of rotatable bonds is 6. The van der Waals surface area contributed by atoms with E-state index in [-0.39, 0.29) is 43.0 Å². The number of hydrogen-bond acceptors (Lipinski definition) is 6. The highest BCUT2D eigenvalue weighted by Gasteiger charge is 2.51. The van der Waals surface area contributed by atoms with Crippen molar-refractivity contribution in [3.05, 3.63) is 53.1 Å². The fourth-order valence-corrected chi connectivity index (χ4v) is 7.42. The van der Waals surface area contributed by atoms with Crippen LogP contribution in [0.5, 0.6) is 0 Å². The van der Waals surface area contributed by atoms with Gasteiger partial charge < -0.3 is 14.2 Å². The first-order valence-corrected chi connectivity index (χ1v) is 15.0. The predicted octanol–water partition coefficient (Wildman–Crippen LogP) is 5.91. The van der Waals surface area contributed by atoms with E-state index in [2.05, 4.69) is 44.5 Å². The normalized spacial score (nSPS) is 26.2. The zero-order chi connectivity index (χ0) is 28.5. The molecule has 1 saturated carbocycles. The Morgan fingerprint density at radius 1 is 1.12 bits per heavy atom. The van der Waals surface area contributed by atoms with Gasteiger partial charge in [-0.15, -0.1) is 10.2 Å². The molecule has 3 aliphatic rings. The van der Waals surface area contributed by atoms with E-state index >= 15 is 0 Å². The lowest BCUT2D eigenvalue weighted by Crippen LogP contribution is -2.59. The van der Waals surface area contributed by atoms with E-state index in [1.807, 2.05) is 35.6 Å². The summed E-state index contributed by atoms with van der Waals surface area (Å²) >= 11 is 6.19. The molecule has 0 radical (unpaired) electrons. The molecule has 1 aliphatic carbocycles. The molecule has 41 heavy (non-hydrogen) atoms. The number of aromatic nitrogens is 5. The van der Waals surface area contributed by atoms with Crippen molar-refractivity contribution in [3.63, 3.8) is 0 Å². The highest BCUT2D eigenvalue weighted by Crippen LogP contribution is 2.51. The van der Waals surface area contributed by atoms with Crippen molar-refractivity contribution in [2.75, 3.05) is 24.6 Å². The Balaban J connectivity index is 1.23. The predicted molar refractivity (Wildman–Crippen MR) is 155 cm³/mol. The third-order valence-corrected chi connectivity index (χ3v) is 9.59. The second-order valence-electron chi connectivity index (χ2n) is 12.2. The molecule has 8 nitrogen and oxygen atoms in total. The second-order valence-corrected chi connectivity index (χ2v) is 12.7. The van der Waals surface area contributed by atoms with Gasteiger partial charge in [0, 0.05) is 61.8 Å². The number of benzene rings is 1. The van der Waals surface area contributed by atoms with E-state index in [1.54, 1.807) is 6.33 Å². The van der Waals surface area contributed by atoms with Crippen LogP contribution in [0.15, 0.2) is 36.7 Å². The third kappa shape index (κ3) is 4.77. The van der Waals surface area contributed by atoms with Crippen LogP contribution in [0.1, 0.15) is 57.0 Å². The summed E-state index contributed by atoms with van der Waals surface area (Å²) in [5.74, 6) is -1.74. The molecule has 11 heteroatoms. The van der Waals surface area contributed by atoms with Crippen LogP contribution in [-0.4, -0.2) is 72.9 Å². The summed E-state index contributed by atoms with van der Waals surface area (Å²) in [7, 11) is 0. The largest absolute Gasteiger partial charge is 0.376 e. The summed E-state index contributed by atoms with van der Waals surface area (Å²) < 4.78 is 38.4. The van der Waals surface area contributed by atoms with Gasteiger partial charge in [-0.25, -0.2) is 13.8 Å². The van der Waals surface area contributed by atoms with Crippen molar-refractivity contribution in [2.24, 2.45) is 5.92 Å². The van der Waals surface area contributed by atoms with Gasteiger partial charge in [-0.05, 0) is 57.2 Å². The molecule has 218 valence electrons. The number of fused-ring (bicyclic) bond motifs is 3. The molecular formula is C30H36ClF2N7O. The van der Waals surface area contributed by atoms with Gasteiger partial charge in [0.2, 0.25) is 5.92 Å². The lowest BCUT2D eigenvalue weighted by atomic mass is 9.73. The number of ether oxygens (including phenoxy) is 1. The number of imidazole rings is 1. The zero-order valence-corrected chi connectivity index (χ0v) is 24.4. The van der Waals surface area contributed by atoms with E-state index in [4.69, 9.17) is 21.3 Å². The Kier molecular flexibility index (Phi) is 6.71. The molecule has 1 unspecified atom stereocenters. The lowest BCUT2D eigenvalue weighted by Gasteiger charge is -2.52. The van der Waals surface area contributed by atoms with E-state index in [1.165, 1.54) is 0 Å². The molecule has 7 rings (SSSR count). The van der Waals surface area contributed by atoms with Gasteiger partial charge in [0.1, 0.15) is 23.3 Å². The number of nitrogens with zero attached hydrogens (tertiary/aromatic N) is 7. The summed E-state index contributed by atoms with van der Waals surface area (Å²) in [5, 5.41) is 9.29. The average molecular weight is 584 g/mol. The zero-order valence-electron chi connectivity index (χ0n) is 23.7. The molecule has 2 aliphatic heterocycles. The highest BCUT2D eigenvalue weighted by atomic mass is 35.5. The van der Waals surface area contributed by atoms with E-state index < -0.39 is 5.92 Å². The molecule has 0 amide bonds. The molecule has 2 saturated heterocycles. The standard InChI is InChI=1S/C30H36ClF2N7O/c1-18-15-38(28(22-12-30(32,33)13-22)21-6-8-23(31)9-7-21)19(2)14-37(18)25-11-26-36-34-17-40(26)29-27(25)35-20(3)39(29)16-24-5-4-10-41-24/h6-9,11,17-19,22,24,28H,4-5,10,12-16H2,1-3H3/t18-,19+,24-,28?/m0/s1. The maximum Gasteiger partial charge on any atom is 0.248 e. The number of halogens is 3. The number of pyridine rings is 1. The first-order valence-electron chi connectivity index (χ1n) is 14.7. The Bertz CT molecular complexity index is 1560. The molecular weight excluding hydrogens is 548 g/mol. The van der Waals surface area contributed by atoms with Gasteiger partial charge in [0.15, 0.2) is 5.65 Å². The number of piperazine rings is 1. The van der Waals surface area contributed by atoms with Crippen LogP contribution in [-0.2, 0) is 11.3 Å². The van der Waals surface area contributed by atoms with E-state index in [0.717, 1.165) is 73.0 Å². The quantitative estimate of drug-likeness (QED) is 0.281. The monoisotopic (exact) mass is 583 g/mol. The molecule has 4 aromatic rings. The van der Waals surface area contributed by atoms with Gasteiger partial charge in [0.25, 0.3) is 0 Å². The van der Waals surface area contributed by atoms with Crippen molar-refractivity contribution in [3.8, 4) is 0 Å². The smallest absolute Gasteiger partial charge is 0.248 e. The van der Waals surface area contributed by atoms with Crippen LogP contribution in [0.3, 0.4) is 0 Å². The number of hydrogen-bond donors (Lipinski definition) is 0. The Morgan fingerprint density at radius 2 is 1.90 bits per heavy atom. The second kappa shape index (κ2) is 10.2. The van der Waals surface area contributed by atoms with Crippen molar-refractivity contribution in [1.82, 2.24) is 29.0 Å². The minimum Gasteiger partial charge on any atom is -0.376 e. The fraction of sp³-hybridized carbons (Fsp3) is 0.567. The van der Waals surface area contributed by atoms with Crippen LogP contribution < -0.4 is 4.90 Å². The van der Waals surface area contributed by atoms with Crippen LogP contribution in [0.2, 0.25) is 5.02 Å². The topological polar surface area (TPSA) is 63.7 Å². The van der Waals surface area contributed by atoms with Crippen LogP contribution in [0.25, 0.3) is 16.8 Å². The molecule has 0 N–H and O–H groups in total. The SMILES string of the molecule is Cc1nc2c(N3C[C@@H](C)N(C(c4ccc(Cl)cc4)C4CC(F)(F)C4)C[C@@H]3C)cc3nncn3c2n1C[C@@H]1CCCO1. The van der Waals surface area contributed by atoms with Gasteiger partial charge in [-0.3, -0.25) is 9.30 Å². The van der Waals surface area contributed by atoms with Crippen molar-refractivity contribution in [2.45, 2.75) is 83.2 Å². The van der Waals surface area contributed by atoms with Gasteiger partial charge in [-0.1, -0.05) is 23.7 Å². The summed E-state index contributed by atoms with van der Waals surface area (Å²) in [5.41, 5.74) is 4.77. The van der Waals surface area contributed by atoms with E-state index in [9.17, 15) is 8.78 Å². The minimum atomic E-state index is -2.58. The van der Waals surface area contributed by atoms with Crippen LogP contribution in [0, 0.1) is 12.8 Å². The molecule has 4 atom stereocenters. The molecule has 0 bridgehead atoms. The first kappa shape index (κ1) is 27.0. The maximum absolute atomic E-state index is 14.1. The van der Waals surface area contributed by atoms with E-state index in [0.29, 0.717) is 5.02 Å².